The SMILES string of the molecule is CC(C)(O)C#CCc1ccc2ccccc2n1. The first-order valence-corrected chi connectivity index (χ1v) is 5.62. The predicted octanol–water partition coefficient (Wildman–Crippen LogP) is 2.55. The average molecular weight is 225 g/mol. The lowest BCUT2D eigenvalue weighted by Gasteiger charge is -2.06. The highest BCUT2D eigenvalue weighted by atomic mass is 16.3. The Kier molecular flexibility index (Phi) is 3.12. The summed E-state index contributed by atoms with van der Waals surface area (Å²) in [6.45, 7) is 3.35. The highest BCUT2D eigenvalue weighted by molar-refractivity contribution is 5.78. The highest BCUT2D eigenvalue weighted by Gasteiger charge is 2.05. The average Bonchev–Trinajstić information content (AvgIpc) is 2.27. The second kappa shape index (κ2) is 4.57. The number of aliphatic hydroxyl groups is 1. The quantitative estimate of drug-likeness (QED) is 0.757. The minimum atomic E-state index is -0.934. The van der Waals surface area contributed by atoms with E-state index in [2.05, 4.69) is 16.8 Å². The smallest absolute Gasteiger partial charge is 0.119 e. The lowest BCUT2D eigenvalue weighted by Crippen LogP contribution is -2.14. The Hall–Kier alpha value is -1.85. The fourth-order valence-electron chi connectivity index (χ4n) is 1.56. The van der Waals surface area contributed by atoms with Gasteiger partial charge in [-0.1, -0.05) is 36.1 Å². The summed E-state index contributed by atoms with van der Waals surface area (Å²) in [4.78, 5) is 4.51. The lowest BCUT2D eigenvalue weighted by molar-refractivity contribution is 0.143. The van der Waals surface area contributed by atoms with Crippen LogP contribution in [-0.4, -0.2) is 15.7 Å². The van der Waals surface area contributed by atoms with E-state index in [1.807, 2.05) is 36.4 Å². The van der Waals surface area contributed by atoms with E-state index in [9.17, 15) is 5.11 Å². The summed E-state index contributed by atoms with van der Waals surface area (Å²) in [5.74, 6) is 5.73. The molecule has 2 aromatic rings. The molecule has 2 heteroatoms. The normalized spacial score (nSPS) is 11.0. The number of fused-ring (bicyclic) bond motifs is 1. The van der Waals surface area contributed by atoms with Gasteiger partial charge in [-0.05, 0) is 26.0 Å². The number of benzene rings is 1. The molecule has 0 aliphatic heterocycles. The Morgan fingerprint density at radius 2 is 1.94 bits per heavy atom. The monoisotopic (exact) mass is 225 g/mol. The molecule has 0 unspecified atom stereocenters. The van der Waals surface area contributed by atoms with Crippen molar-refractivity contribution < 1.29 is 5.11 Å². The standard InChI is InChI=1S/C15H15NO/c1-15(2,17)11-5-7-13-10-9-12-6-3-4-8-14(12)16-13/h3-4,6,8-10,17H,7H2,1-2H3. The van der Waals surface area contributed by atoms with Crippen LogP contribution < -0.4 is 0 Å². The maximum Gasteiger partial charge on any atom is 0.119 e. The van der Waals surface area contributed by atoms with Crippen molar-refractivity contribution in [3.05, 3.63) is 42.1 Å². The third-order valence-corrected chi connectivity index (χ3v) is 2.32. The fourth-order valence-corrected chi connectivity index (χ4v) is 1.56. The van der Waals surface area contributed by atoms with Crippen LogP contribution in [0.15, 0.2) is 36.4 Å². The first-order valence-electron chi connectivity index (χ1n) is 5.62. The van der Waals surface area contributed by atoms with Crippen molar-refractivity contribution in [2.75, 3.05) is 0 Å². The van der Waals surface area contributed by atoms with E-state index in [1.165, 1.54) is 0 Å². The number of para-hydroxylation sites is 1. The molecule has 0 saturated carbocycles. The van der Waals surface area contributed by atoms with E-state index in [0.717, 1.165) is 16.6 Å². The zero-order chi connectivity index (χ0) is 12.3. The van der Waals surface area contributed by atoms with E-state index >= 15 is 0 Å². The van der Waals surface area contributed by atoms with Gasteiger partial charge in [0.2, 0.25) is 0 Å². The molecular weight excluding hydrogens is 210 g/mol. The topological polar surface area (TPSA) is 33.1 Å². The minimum Gasteiger partial charge on any atom is -0.378 e. The van der Waals surface area contributed by atoms with E-state index < -0.39 is 5.60 Å². The molecule has 0 aliphatic rings. The molecule has 1 N–H and O–H groups in total. The molecule has 0 radical (unpaired) electrons. The van der Waals surface area contributed by atoms with Crippen molar-refractivity contribution in [2.45, 2.75) is 25.9 Å². The van der Waals surface area contributed by atoms with Gasteiger partial charge in [-0.25, -0.2) is 0 Å². The Morgan fingerprint density at radius 1 is 1.18 bits per heavy atom. The van der Waals surface area contributed by atoms with Crippen LogP contribution >= 0.6 is 0 Å². The summed E-state index contributed by atoms with van der Waals surface area (Å²) < 4.78 is 0. The summed E-state index contributed by atoms with van der Waals surface area (Å²) in [5.41, 5.74) is 0.979. The van der Waals surface area contributed by atoms with Crippen LogP contribution in [0.2, 0.25) is 0 Å². The van der Waals surface area contributed by atoms with Crippen molar-refractivity contribution in [1.82, 2.24) is 4.98 Å². The van der Waals surface area contributed by atoms with Crippen LogP contribution in [0.25, 0.3) is 10.9 Å². The molecule has 0 bridgehead atoms. The number of rotatable bonds is 1. The van der Waals surface area contributed by atoms with Crippen LogP contribution in [0.4, 0.5) is 0 Å². The van der Waals surface area contributed by atoms with E-state index in [0.29, 0.717) is 6.42 Å². The summed E-state index contributed by atoms with van der Waals surface area (Å²) in [6.07, 6.45) is 0.564. The van der Waals surface area contributed by atoms with Crippen molar-refractivity contribution >= 4 is 10.9 Å². The van der Waals surface area contributed by atoms with Crippen molar-refractivity contribution in [2.24, 2.45) is 0 Å². The van der Waals surface area contributed by atoms with Gasteiger partial charge in [0.05, 0.1) is 17.6 Å². The van der Waals surface area contributed by atoms with Gasteiger partial charge < -0.3 is 5.11 Å². The van der Waals surface area contributed by atoms with E-state index in [4.69, 9.17) is 0 Å². The molecule has 0 aliphatic carbocycles. The third-order valence-electron chi connectivity index (χ3n) is 2.32. The lowest BCUT2D eigenvalue weighted by atomic mass is 10.1. The Balaban J connectivity index is 2.22. The summed E-state index contributed by atoms with van der Waals surface area (Å²) in [5, 5.41) is 10.6. The number of hydrogen-bond acceptors (Lipinski definition) is 2. The molecule has 0 fully saturated rings. The van der Waals surface area contributed by atoms with Gasteiger partial charge in [0, 0.05) is 5.39 Å². The Morgan fingerprint density at radius 3 is 2.71 bits per heavy atom. The van der Waals surface area contributed by atoms with Gasteiger partial charge in [0.1, 0.15) is 5.60 Å². The maximum atomic E-state index is 9.47. The van der Waals surface area contributed by atoms with Crippen molar-refractivity contribution in [3.63, 3.8) is 0 Å². The van der Waals surface area contributed by atoms with Gasteiger partial charge in [0.15, 0.2) is 0 Å². The molecule has 1 aromatic carbocycles. The zero-order valence-corrected chi connectivity index (χ0v) is 10.1. The van der Waals surface area contributed by atoms with Crippen LogP contribution in [0.3, 0.4) is 0 Å². The molecule has 2 nitrogen and oxygen atoms in total. The van der Waals surface area contributed by atoms with Gasteiger partial charge >= 0.3 is 0 Å². The summed E-state index contributed by atoms with van der Waals surface area (Å²) >= 11 is 0. The molecule has 0 atom stereocenters. The predicted molar refractivity (Wildman–Crippen MR) is 69.5 cm³/mol. The number of hydrogen-bond donors (Lipinski definition) is 1. The summed E-state index contributed by atoms with van der Waals surface area (Å²) in [7, 11) is 0. The summed E-state index contributed by atoms with van der Waals surface area (Å²) in [6, 6.07) is 12.0. The molecule has 0 spiro atoms. The van der Waals surface area contributed by atoms with Gasteiger partial charge in [-0.2, -0.15) is 0 Å². The first-order chi connectivity index (χ1) is 8.04. The Labute approximate surface area is 101 Å². The second-order valence-electron chi connectivity index (χ2n) is 4.53. The molecule has 0 amide bonds. The van der Waals surface area contributed by atoms with E-state index in [-0.39, 0.29) is 0 Å². The van der Waals surface area contributed by atoms with Crippen LogP contribution in [0.5, 0.6) is 0 Å². The molecule has 2 rings (SSSR count). The minimum absolute atomic E-state index is 0.564. The molecule has 17 heavy (non-hydrogen) atoms. The third kappa shape index (κ3) is 3.30. The fraction of sp³-hybridized carbons (Fsp3) is 0.267. The molecule has 86 valence electrons. The number of aromatic nitrogens is 1. The van der Waals surface area contributed by atoms with Gasteiger partial charge in [0.25, 0.3) is 0 Å². The number of nitrogens with zero attached hydrogens (tertiary/aromatic N) is 1. The largest absolute Gasteiger partial charge is 0.378 e. The molecular formula is C15H15NO. The number of pyridine rings is 1. The molecule has 0 saturated heterocycles. The maximum absolute atomic E-state index is 9.47. The zero-order valence-electron chi connectivity index (χ0n) is 10.1. The first kappa shape index (κ1) is 11.6. The van der Waals surface area contributed by atoms with Crippen molar-refractivity contribution in [3.8, 4) is 11.8 Å². The van der Waals surface area contributed by atoms with Crippen LogP contribution in [0.1, 0.15) is 19.5 Å². The van der Waals surface area contributed by atoms with E-state index in [1.54, 1.807) is 13.8 Å². The van der Waals surface area contributed by atoms with Crippen molar-refractivity contribution in [1.29, 1.82) is 0 Å². The van der Waals surface area contributed by atoms with Gasteiger partial charge in [-0.15, -0.1) is 0 Å². The van der Waals surface area contributed by atoms with Gasteiger partial charge in [-0.3, -0.25) is 4.98 Å². The molecule has 1 heterocycles. The van der Waals surface area contributed by atoms with Crippen LogP contribution in [0, 0.1) is 11.8 Å². The second-order valence-corrected chi connectivity index (χ2v) is 4.53. The van der Waals surface area contributed by atoms with Crippen LogP contribution in [-0.2, 0) is 6.42 Å². The Bertz CT molecular complexity index is 585. The highest BCUT2D eigenvalue weighted by Crippen LogP contribution is 2.11. The molecule has 1 aromatic heterocycles.